The van der Waals surface area contributed by atoms with Crippen LogP contribution in [-0.2, 0) is 0 Å². The highest BCUT2D eigenvalue weighted by Crippen LogP contribution is 2.27. The molecular weight excluding hydrogens is 347 g/mol. The fraction of sp³-hybridized carbons (Fsp3) is 0.150. The van der Waals surface area contributed by atoms with Crippen LogP contribution in [0.2, 0.25) is 0 Å². The van der Waals surface area contributed by atoms with E-state index in [1.54, 1.807) is 13.0 Å². The molecule has 0 saturated carbocycles. The number of hydrogen-bond donors (Lipinski definition) is 2. The van der Waals surface area contributed by atoms with E-state index >= 15 is 0 Å². The Balaban J connectivity index is 1.83. The average molecular weight is 366 g/mol. The molecule has 1 aromatic heterocycles. The van der Waals surface area contributed by atoms with Crippen LogP contribution >= 0.6 is 0 Å². The Morgan fingerprint density at radius 2 is 1.93 bits per heavy atom. The maximum atomic E-state index is 13.3. The summed E-state index contributed by atoms with van der Waals surface area (Å²) in [5.41, 5.74) is 1.25. The molecule has 0 spiro atoms. The number of para-hydroxylation sites is 2. The van der Waals surface area contributed by atoms with Gasteiger partial charge in [0.25, 0.3) is 5.91 Å². The van der Waals surface area contributed by atoms with Crippen LogP contribution in [0.25, 0.3) is 0 Å². The summed E-state index contributed by atoms with van der Waals surface area (Å²) in [4.78, 5) is 21.0. The zero-order chi connectivity index (χ0) is 19.2. The first kappa shape index (κ1) is 18.3. The largest absolute Gasteiger partial charge is 0.492 e. The first-order valence-electron chi connectivity index (χ1n) is 8.46. The van der Waals surface area contributed by atoms with Crippen molar-refractivity contribution in [3.8, 4) is 5.75 Å². The van der Waals surface area contributed by atoms with Crippen LogP contribution in [0.4, 0.5) is 21.6 Å². The molecule has 0 fully saturated rings. The summed E-state index contributed by atoms with van der Waals surface area (Å²) in [5, 5.41) is 5.78. The number of halogens is 1. The molecule has 1 amide bonds. The molecule has 1 heterocycles. The quantitative estimate of drug-likeness (QED) is 0.679. The highest BCUT2D eigenvalue weighted by atomic mass is 19.1. The Kier molecular flexibility index (Phi) is 5.61. The Bertz CT molecular complexity index is 962. The summed E-state index contributed by atoms with van der Waals surface area (Å²) in [6, 6.07) is 14.7. The number of benzene rings is 2. The summed E-state index contributed by atoms with van der Waals surface area (Å²) in [5.74, 6) is 0.688. The van der Waals surface area contributed by atoms with Gasteiger partial charge in [-0.2, -0.15) is 0 Å². The molecule has 0 aliphatic heterocycles. The number of anilines is 3. The molecule has 0 saturated heterocycles. The van der Waals surface area contributed by atoms with Gasteiger partial charge in [-0.25, -0.2) is 14.4 Å². The van der Waals surface area contributed by atoms with Crippen molar-refractivity contribution in [2.75, 3.05) is 17.2 Å². The number of carbonyl (C=O) groups excluding carboxylic acids is 1. The standard InChI is InChI=1S/C20H19FN4O2/c1-3-27-18-10-5-4-9-16(18)25-19-12-17(22-13(2)23-19)20(26)24-15-8-6-7-14(21)11-15/h4-12H,3H2,1-2H3,(H,24,26)(H,22,23,25). The number of aryl methyl sites for hydroxylation is 1. The van der Waals surface area contributed by atoms with Crippen molar-refractivity contribution in [1.82, 2.24) is 9.97 Å². The molecule has 0 bridgehead atoms. The Morgan fingerprint density at radius 1 is 1.11 bits per heavy atom. The van der Waals surface area contributed by atoms with Crippen LogP contribution in [-0.4, -0.2) is 22.5 Å². The summed E-state index contributed by atoms with van der Waals surface area (Å²) >= 11 is 0. The predicted octanol–water partition coefficient (Wildman–Crippen LogP) is 4.32. The smallest absolute Gasteiger partial charge is 0.274 e. The molecule has 3 aromatic rings. The van der Waals surface area contributed by atoms with Crippen LogP contribution in [0, 0.1) is 12.7 Å². The van der Waals surface area contributed by atoms with Crippen molar-refractivity contribution in [1.29, 1.82) is 0 Å². The van der Waals surface area contributed by atoms with E-state index in [0.717, 1.165) is 5.69 Å². The highest BCUT2D eigenvalue weighted by molar-refractivity contribution is 6.03. The van der Waals surface area contributed by atoms with Crippen LogP contribution in [0.15, 0.2) is 54.6 Å². The van der Waals surface area contributed by atoms with Crippen molar-refractivity contribution in [3.05, 3.63) is 71.9 Å². The molecule has 7 heteroatoms. The van der Waals surface area contributed by atoms with Crippen molar-refractivity contribution in [3.63, 3.8) is 0 Å². The Morgan fingerprint density at radius 3 is 2.70 bits per heavy atom. The van der Waals surface area contributed by atoms with E-state index in [1.807, 2.05) is 31.2 Å². The van der Waals surface area contributed by atoms with Gasteiger partial charge in [0.1, 0.15) is 28.9 Å². The molecule has 27 heavy (non-hydrogen) atoms. The van der Waals surface area contributed by atoms with E-state index in [1.165, 1.54) is 24.3 Å². The lowest BCUT2D eigenvalue weighted by atomic mass is 10.2. The lowest BCUT2D eigenvalue weighted by Crippen LogP contribution is -2.15. The van der Waals surface area contributed by atoms with E-state index < -0.39 is 11.7 Å². The zero-order valence-corrected chi connectivity index (χ0v) is 15.0. The predicted molar refractivity (Wildman–Crippen MR) is 102 cm³/mol. The average Bonchev–Trinajstić information content (AvgIpc) is 2.63. The van der Waals surface area contributed by atoms with Gasteiger partial charge in [-0.15, -0.1) is 0 Å². The maximum absolute atomic E-state index is 13.3. The molecule has 6 nitrogen and oxygen atoms in total. The minimum Gasteiger partial charge on any atom is -0.492 e. The number of carbonyl (C=O) groups is 1. The van der Waals surface area contributed by atoms with Gasteiger partial charge in [0.15, 0.2) is 0 Å². The van der Waals surface area contributed by atoms with Gasteiger partial charge in [0.05, 0.1) is 12.3 Å². The van der Waals surface area contributed by atoms with E-state index in [9.17, 15) is 9.18 Å². The number of nitrogens with zero attached hydrogens (tertiary/aromatic N) is 2. The molecule has 0 atom stereocenters. The van der Waals surface area contributed by atoms with Crippen LogP contribution < -0.4 is 15.4 Å². The number of hydrogen-bond acceptors (Lipinski definition) is 5. The number of ether oxygens (including phenoxy) is 1. The van der Waals surface area contributed by atoms with Crippen molar-refractivity contribution in [2.24, 2.45) is 0 Å². The van der Waals surface area contributed by atoms with Crippen molar-refractivity contribution < 1.29 is 13.9 Å². The van der Waals surface area contributed by atoms with Gasteiger partial charge in [0.2, 0.25) is 0 Å². The van der Waals surface area contributed by atoms with Gasteiger partial charge < -0.3 is 15.4 Å². The SMILES string of the molecule is CCOc1ccccc1Nc1cc(C(=O)Nc2cccc(F)c2)nc(C)n1. The van der Waals surface area contributed by atoms with E-state index in [0.29, 0.717) is 29.7 Å². The fourth-order valence-corrected chi connectivity index (χ4v) is 2.50. The van der Waals surface area contributed by atoms with Gasteiger partial charge >= 0.3 is 0 Å². The molecule has 0 aliphatic carbocycles. The lowest BCUT2D eigenvalue weighted by molar-refractivity contribution is 0.102. The molecule has 2 aromatic carbocycles. The van der Waals surface area contributed by atoms with Gasteiger partial charge in [-0.05, 0) is 44.2 Å². The molecule has 0 unspecified atom stereocenters. The lowest BCUT2D eigenvalue weighted by Gasteiger charge is -2.13. The Hall–Kier alpha value is -3.48. The minimum atomic E-state index is -0.452. The van der Waals surface area contributed by atoms with Crippen LogP contribution in [0.3, 0.4) is 0 Å². The van der Waals surface area contributed by atoms with Crippen molar-refractivity contribution in [2.45, 2.75) is 13.8 Å². The first-order chi connectivity index (χ1) is 13.0. The molecule has 3 rings (SSSR count). The molecular formula is C20H19FN4O2. The third kappa shape index (κ3) is 4.78. The number of aromatic nitrogens is 2. The van der Waals surface area contributed by atoms with E-state index in [-0.39, 0.29) is 5.69 Å². The van der Waals surface area contributed by atoms with E-state index in [4.69, 9.17) is 4.74 Å². The van der Waals surface area contributed by atoms with Gasteiger partial charge in [-0.3, -0.25) is 4.79 Å². The highest BCUT2D eigenvalue weighted by Gasteiger charge is 2.12. The maximum Gasteiger partial charge on any atom is 0.274 e. The number of nitrogens with one attached hydrogen (secondary N) is 2. The molecule has 2 N–H and O–H groups in total. The zero-order valence-electron chi connectivity index (χ0n) is 15.0. The first-order valence-corrected chi connectivity index (χ1v) is 8.46. The summed E-state index contributed by atoms with van der Waals surface area (Å²) in [6.45, 7) is 4.13. The number of amides is 1. The fourth-order valence-electron chi connectivity index (χ4n) is 2.50. The second kappa shape index (κ2) is 8.27. The third-order valence-corrected chi connectivity index (χ3v) is 3.60. The van der Waals surface area contributed by atoms with E-state index in [2.05, 4.69) is 20.6 Å². The molecule has 0 aliphatic rings. The normalized spacial score (nSPS) is 10.3. The van der Waals surface area contributed by atoms with Gasteiger partial charge in [0, 0.05) is 11.8 Å². The number of rotatable bonds is 6. The Labute approximate surface area is 156 Å². The van der Waals surface area contributed by atoms with Crippen LogP contribution in [0.5, 0.6) is 5.75 Å². The summed E-state index contributed by atoms with van der Waals surface area (Å²) < 4.78 is 18.9. The molecule has 138 valence electrons. The minimum absolute atomic E-state index is 0.170. The summed E-state index contributed by atoms with van der Waals surface area (Å²) in [7, 11) is 0. The van der Waals surface area contributed by atoms with Crippen LogP contribution in [0.1, 0.15) is 23.2 Å². The second-order valence-electron chi connectivity index (χ2n) is 5.70. The second-order valence-corrected chi connectivity index (χ2v) is 5.70. The topological polar surface area (TPSA) is 76.1 Å². The van der Waals surface area contributed by atoms with Gasteiger partial charge in [-0.1, -0.05) is 18.2 Å². The monoisotopic (exact) mass is 366 g/mol. The summed E-state index contributed by atoms with van der Waals surface area (Å²) in [6.07, 6.45) is 0. The molecule has 0 radical (unpaired) electrons. The third-order valence-electron chi connectivity index (χ3n) is 3.60. The van der Waals surface area contributed by atoms with Crippen molar-refractivity contribution >= 4 is 23.1 Å².